The molecule has 0 saturated heterocycles. The maximum Gasteiger partial charge on any atom is 0.0339 e. The Hall–Kier alpha value is -0.860. The molecule has 0 spiro atoms. The van der Waals surface area contributed by atoms with Crippen LogP contribution in [0, 0.1) is 0 Å². The summed E-state index contributed by atoms with van der Waals surface area (Å²) < 4.78 is 0. The lowest BCUT2D eigenvalue weighted by molar-refractivity contribution is 0.162. The maximum absolute atomic E-state index is 5.95. The van der Waals surface area contributed by atoms with E-state index in [1.54, 1.807) is 0 Å². The Morgan fingerprint density at radius 2 is 1.88 bits per heavy atom. The minimum atomic E-state index is 0.358. The minimum Gasteiger partial charge on any atom is -0.329 e. The minimum absolute atomic E-state index is 0.358. The van der Waals surface area contributed by atoms with Gasteiger partial charge in [-0.25, -0.2) is 0 Å². The summed E-state index contributed by atoms with van der Waals surface area (Å²) in [5.74, 6) is 0. The smallest absolute Gasteiger partial charge is 0.0339 e. The Balaban J connectivity index is 1.75. The van der Waals surface area contributed by atoms with Gasteiger partial charge in [-0.3, -0.25) is 4.90 Å². The molecule has 2 nitrogen and oxygen atoms in total. The highest BCUT2D eigenvalue weighted by Gasteiger charge is 2.51. The molecule has 0 bridgehead atoms. The quantitative estimate of drug-likeness (QED) is 0.817. The van der Waals surface area contributed by atoms with Gasteiger partial charge in [0.25, 0.3) is 0 Å². The van der Waals surface area contributed by atoms with Crippen LogP contribution < -0.4 is 5.73 Å². The molecule has 3 rings (SSSR count). The zero-order chi connectivity index (χ0) is 11.0. The van der Waals surface area contributed by atoms with Crippen molar-refractivity contribution < 1.29 is 0 Å². The molecule has 2 aliphatic rings. The third kappa shape index (κ3) is 1.87. The Kier molecular flexibility index (Phi) is 2.49. The maximum atomic E-state index is 5.95. The van der Waals surface area contributed by atoms with E-state index in [9.17, 15) is 0 Å². The molecule has 2 fully saturated rings. The first-order valence-electron chi connectivity index (χ1n) is 6.35. The molecule has 2 N–H and O–H groups in total. The fourth-order valence-electron chi connectivity index (χ4n) is 2.60. The zero-order valence-corrected chi connectivity index (χ0v) is 9.73. The average molecular weight is 216 g/mol. The van der Waals surface area contributed by atoms with Gasteiger partial charge in [0, 0.05) is 24.7 Å². The lowest BCUT2D eigenvalue weighted by Crippen LogP contribution is -2.43. The number of hydrogen-bond donors (Lipinski definition) is 1. The molecule has 0 heterocycles. The van der Waals surface area contributed by atoms with E-state index in [4.69, 9.17) is 5.73 Å². The van der Waals surface area contributed by atoms with Crippen molar-refractivity contribution in [2.24, 2.45) is 5.73 Å². The van der Waals surface area contributed by atoms with E-state index in [-0.39, 0.29) is 0 Å². The van der Waals surface area contributed by atoms with Gasteiger partial charge < -0.3 is 5.73 Å². The molecular weight excluding hydrogens is 196 g/mol. The van der Waals surface area contributed by atoms with Gasteiger partial charge in [-0.15, -0.1) is 0 Å². The Morgan fingerprint density at radius 1 is 1.19 bits per heavy atom. The topological polar surface area (TPSA) is 29.3 Å². The van der Waals surface area contributed by atoms with Gasteiger partial charge in [0.05, 0.1) is 0 Å². The molecule has 0 unspecified atom stereocenters. The molecule has 2 heteroatoms. The molecular formula is C14H20N2. The number of nitrogens with zero attached hydrogens (tertiary/aromatic N) is 1. The van der Waals surface area contributed by atoms with E-state index < -0.39 is 0 Å². The summed E-state index contributed by atoms with van der Waals surface area (Å²) in [5, 5.41) is 0. The third-order valence-corrected chi connectivity index (χ3v) is 4.00. The zero-order valence-electron chi connectivity index (χ0n) is 9.73. The highest BCUT2D eigenvalue weighted by atomic mass is 15.3. The van der Waals surface area contributed by atoms with Crippen LogP contribution in [0.2, 0.25) is 0 Å². The second kappa shape index (κ2) is 3.86. The number of rotatable bonds is 5. The van der Waals surface area contributed by atoms with Crippen LogP contribution in [0.25, 0.3) is 0 Å². The third-order valence-electron chi connectivity index (χ3n) is 4.00. The number of nitrogens with two attached hydrogens (primary N) is 1. The normalized spacial score (nSPS) is 22.4. The predicted octanol–water partition coefficient (Wildman–Crippen LogP) is 2.14. The van der Waals surface area contributed by atoms with Crippen molar-refractivity contribution in [2.75, 3.05) is 6.54 Å². The SMILES string of the molecule is NCC1(N(Cc2ccccc2)C2CC2)CC1. The summed E-state index contributed by atoms with van der Waals surface area (Å²) in [4.78, 5) is 2.67. The van der Waals surface area contributed by atoms with Crippen molar-refractivity contribution in [3.8, 4) is 0 Å². The van der Waals surface area contributed by atoms with Gasteiger partial charge in [-0.1, -0.05) is 30.3 Å². The molecule has 0 radical (unpaired) electrons. The van der Waals surface area contributed by atoms with Crippen molar-refractivity contribution in [3.63, 3.8) is 0 Å². The van der Waals surface area contributed by atoms with Crippen LogP contribution in [0.1, 0.15) is 31.2 Å². The van der Waals surface area contributed by atoms with E-state index in [0.717, 1.165) is 19.1 Å². The van der Waals surface area contributed by atoms with Crippen molar-refractivity contribution in [1.29, 1.82) is 0 Å². The first-order valence-corrected chi connectivity index (χ1v) is 6.35. The summed E-state index contributed by atoms with van der Waals surface area (Å²) in [7, 11) is 0. The van der Waals surface area contributed by atoms with E-state index in [1.165, 1.54) is 31.2 Å². The van der Waals surface area contributed by atoms with Crippen LogP contribution in [0.3, 0.4) is 0 Å². The standard InChI is InChI=1S/C14H20N2/c15-11-14(8-9-14)16(13-6-7-13)10-12-4-2-1-3-5-12/h1-5,13H,6-11,15H2. The lowest BCUT2D eigenvalue weighted by Gasteiger charge is -2.31. The van der Waals surface area contributed by atoms with Crippen LogP contribution in [0.5, 0.6) is 0 Å². The van der Waals surface area contributed by atoms with Crippen LogP contribution in [-0.2, 0) is 6.54 Å². The number of hydrogen-bond acceptors (Lipinski definition) is 2. The molecule has 2 saturated carbocycles. The van der Waals surface area contributed by atoms with Crippen molar-refractivity contribution in [2.45, 2.75) is 43.8 Å². The molecule has 1 aromatic rings. The van der Waals surface area contributed by atoms with Gasteiger partial charge in [0.15, 0.2) is 0 Å². The molecule has 16 heavy (non-hydrogen) atoms. The Morgan fingerprint density at radius 3 is 2.38 bits per heavy atom. The molecule has 1 aromatic carbocycles. The molecule has 0 aromatic heterocycles. The van der Waals surface area contributed by atoms with Crippen molar-refractivity contribution in [3.05, 3.63) is 35.9 Å². The highest BCUT2D eigenvalue weighted by Crippen LogP contribution is 2.47. The van der Waals surface area contributed by atoms with Gasteiger partial charge >= 0.3 is 0 Å². The second-order valence-electron chi connectivity index (χ2n) is 5.27. The van der Waals surface area contributed by atoms with Crippen LogP contribution in [0.15, 0.2) is 30.3 Å². The first-order chi connectivity index (χ1) is 7.84. The fraction of sp³-hybridized carbons (Fsp3) is 0.571. The summed E-state index contributed by atoms with van der Waals surface area (Å²) in [5.41, 5.74) is 7.73. The summed E-state index contributed by atoms with van der Waals surface area (Å²) >= 11 is 0. The van der Waals surface area contributed by atoms with Gasteiger partial charge in [0.2, 0.25) is 0 Å². The molecule has 2 aliphatic carbocycles. The first kappa shape index (κ1) is 10.3. The van der Waals surface area contributed by atoms with Gasteiger partial charge in [-0.05, 0) is 31.2 Å². The second-order valence-corrected chi connectivity index (χ2v) is 5.27. The largest absolute Gasteiger partial charge is 0.329 e. The molecule has 86 valence electrons. The summed E-state index contributed by atoms with van der Waals surface area (Å²) in [6.07, 6.45) is 5.34. The van der Waals surface area contributed by atoms with Crippen LogP contribution in [0.4, 0.5) is 0 Å². The summed E-state index contributed by atoms with van der Waals surface area (Å²) in [6, 6.07) is 11.6. The highest BCUT2D eigenvalue weighted by molar-refractivity contribution is 5.18. The van der Waals surface area contributed by atoms with E-state index in [2.05, 4.69) is 35.2 Å². The molecule has 0 aliphatic heterocycles. The molecule has 0 amide bonds. The number of benzene rings is 1. The van der Waals surface area contributed by atoms with E-state index >= 15 is 0 Å². The predicted molar refractivity (Wildman–Crippen MR) is 66.0 cm³/mol. The lowest BCUT2D eigenvalue weighted by atomic mass is 10.1. The van der Waals surface area contributed by atoms with E-state index in [0.29, 0.717) is 5.54 Å². The molecule has 0 atom stereocenters. The summed E-state index contributed by atoms with van der Waals surface area (Å²) in [6.45, 7) is 1.92. The van der Waals surface area contributed by atoms with E-state index in [1.807, 2.05) is 0 Å². The average Bonchev–Trinajstić information content (AvgIpc) is 3.21. The Bertz CT molecular complexity index is 352. The van der Waals surface area contributed by atoms with Crippen LogP contribution in [-0.4, -0.2) is 23.0 Å². The van der Waals surface area contributed by atoms with Crippen molar-refractivity contribution >= 4 is 0 Å². The fourth-order valence-corrected chi connectivity index (χ4v) is 2.60. The van der Waals surface area contributed by atoms with Crippen LogP contribution >= 0.6 is 0 Å². The van der Waals surface area contributed by atoms with Gasteiger partial charge in [0.1, 0.15) is 0 Å². The van der Waals surface area contributed by atoms with Gasteiger partial charge in [-0.2, -0.15) is 0 Å². The monoisotopic (exact) mass is 216 g/mol. The Labute approximate surface area is 97.4 Å². The van der Waals surface area contributed by atoms with Crippen molar-refractivity contribution in [1.82, 2.24) is 4.90 Å².